The molecule has 15 heavy (non-hydrogen) atoms. The average molecular weight is 205 g/mol. The molecule has 0 radical (unpaired) electrons. The summed E-state index contributed by atoms with van der Waals surface area (Å²) in [6, 6.07) is 4.28. The standard InChI is InChI=1S/C11H13NO.C2H6/c1-7-4-10-6-13-9(3)12-11(10)5-8(7)2;1-2/h4-5H,6H2,1-3H3;1-2H3. The fourth-order valence-electron chi connectivity index (χ4n) is 1.46. The van der Waals surface area contributed by atoms with Crippen molar-refractivity contribution in [2.24, 2.45) is 4.99 Å². The Labute approximate surface area is 92.0 Å². The number of aryl methyl sites for hydroxylation is 2. The molecule has 0 bridgehead atoms. The van der Waals surface area contributed by atoms with Crippen molar-refractivity contribution in [3.8, 4) is 0 Å². The average Bonchev–Trinajstić information content (AvgIpc) is 2.23. The van der Waals surface area contributed by atoms with Crippen molar-refractivity contribution in [3.05, 3.63) is 28.8 Å². The van der Waals surface area contributed by atoms with Crippen LogP contribution in [0, 0.1) is 13.8 Å². The minimum atomic E-state index is 0.659. The lowest BCUT2D eigenvalue weighted by atomic mass is 10.0. The largest absolute Gasteiger partial charge is 0.476 e. The molecule has 0 fully saturated rings. The summed E-state index contributed by atoms with van der Waals surface area (Å²) in [4.78, 5) is 4.34. The lowest BCUT2D eigenvalue weighted by Gasteiger charge is -2.16. The van der Waals surface area contributed by atoms with E-state index in [-0.39, 0.29) is 0 Å². The van der Waals surface area contributed by atoms with E-state index in [1.165, 1.54) is 16.7 Å². The molecule has 1 heterocycles. The first kappa shape index (κ1) is 11.8. The lowest BCUT2D eigenvalue weighted by molar-refractivity contribution is 0.284. The highest BCUT2D eigenvalue weighted by Crippen LogP contribution is 2.27. The van der Waals surface area contributed by atoms with Crippen molar-refractivity contribution in [1.82, 2.24) is 0 Å². The van der Waals surface area contributed by atoms with Gasteiger partial charge in [0.2, 0.25) is 0 Å². The van der Waals surface area contributed by atoms with E-state index in [1.807, 2.05) is 20.8 Å². The Kier molecular flexibility index (Phi) is 3.89. The van der Waals surface area contributed by atoms with Crippen LogP contribution in [-0.4, -0.2) is 5.90 Å². The molecular weight excluding hydrogens is 186 g/mol. The van der Waals surface area contributed by atoms with Crippen LogP contribution >= 0.6 is 0 Å². The molecule has 0 amide bonds. The van der Waals surface area contributed by atoms with E-state index in [0.29, 0.717) is 6.61 Å². The Morgan fingerprint density at radius 3 is 2.33 bits per heavy atom. The third kappa shape index (κ3) is 2.58. The zero-order chi connectivity index (χ0) is 11.4. The molecule has 1 aromatic carbocycles. The van der Waals surface area contributed by atoms with Gasteiger partial charge >= 0.3 is 0 Å². The normalized spacial score (nSPS) is 13.0. The number of fused-ring (bicyclic) bond motifs is 1. The van der Waals surface area contributed by atoms with Gasteiger partial charge in [0.25, 0.3) is 0 Å². The maximum atomic E-state index is 5.35. The van der Waals surface area contributed by atoms with Crippen LogP contribution in [-0.2, 0) is 11.3 Å². The van der Waals surface area contributed by atoms with Gasteiger partial charge in [0.05, 0.1) is 5.69 Å². The van der Waals surface area contributed by atoms with E-state index in [2.05, 4.69) is 31.0 Å². The highest BCUT2D eigenvalue weighted by Gasteiger charge is 2.10. The van der Waals surface area contributed by atoms with Crippen LogP contribution in [0.15, 0.2) is 17.1 Å². The van der Waals surface area contributed by atoms with Gasteiger partial charge < -0.3 is 4.74 Å². The van der Waals surface area contributed by atoms with Gasteiger partial charge in [0.1, 0.15) is 6.61 Å². The van der Waals surface area contributed by atoms with Gasteiger partial charge in [0, 0.05) is 12.5 Å². The molecule has 0 unspecified atom stereocenters. The number of rotatable bonds is 0. The van der Waals surface area contributed by atoms with Crippen molar-refractivity contribution in [3.63, 3.8) is 0 Å². The Morgan fingerprint density at radius 1 is 1.07 bits per heavy atom. The van der Waals surface area contributed by atoms with E-state index in [4.69, 9.17) is 4.74 Å². The van der Waals surface area contributed by atoms with Gasteiger partial charge in [-0.15, -0.1) is 0 Å². The molecule has 1 aliphatic rings. The van der Waals surface area contributed by atoms with Crippen molar-refractivity contribution in [2.45, 2.75) is 41.2 Å². The predicted octanol–water partition coefficient (Wildman–Crippen LogP) is 3.91. The van der Waals surface area contributed by atoms with Gasteiger partial charge in [-0.25, -0.2) is 4.99 Å². The van der Waals surface area contributed by atoms with Gasteiger partial charge in [-0.05, 0) is 31.0 Å². The Morgan fingerprint density at radius 2 is 1.67 bits per heavy atom. The monoisotopic (exact) mass is 205 g/mol. The zero-order valence-corrected chi connectivity index (χ0v) is 10.2. The SMILES string of the molecule is CC.CC1=Nc2cc(C)c(C)cc2CO1. The van der Waals surface area contributed by atoms with Crippen molar-refractivity contribution < 1.29 is 4.74 Å². The molecule has 0 N–H and O–H groups in total. The number of ether oxygens (including phenoxy) is 1. The molecule has 1 aliphatic heterocycles. The van der Waals surface area contributed by atoms with Crippen molar-refractivity contribution >= 4 is 11.6 Å². The number of hydrogen-bond acceptors (Lipinski definition) is 2. The van der Waals surface area contributed by atoms with Gasteiger partial charge in [-0.2, -0.15) is 0 Å². The first-order valence-electron chi connectivity index (χ1n) is 5.45. The van der Waals surface area contributed by atoms with Gasteiger partial charge in [-0.1, -0.05) is 19.9 Å². The molecular formula is C13H19NO. The molecule has 0 atom stereocenters. The second-order valence-electron chi connectivity index (χ2n) is 3.48. The van der Waals surface area contributed by atoms with Crippen molar-refractivity contribution in [2.75, 3.05) is 0 Å². The van der Waals surface area contributed by atoms with Crippen LogP contribution < -0.4 is 0 Å². The molecule has 1 aromatic rings. The quantitative estimate of drug-likeness (QED) is 0.629. The molecule has 82 valence electrons. The summed E-state index contributed by atoms with van der Waals surface area (Å²) in [5.74, 6) is 0.760. The highest BCUT2D eigenvalue weighted by molar-refractivity contribution is 5.79. The fourth-order valence-corrected chi connectivity index (χ4v) is 1.46. The molecule has 0 aromatic heterocycles. The summed E-state index contributed by atoms with van der Waals surface area (Å²) in [5.41, 5.74) is 4.84. The van der Waals surface area contributed by atoms with Crippen LogP contribution in [0.5, 0.6) is 0 Å². The summed E-state index contributed by atoms with van der Waals surface area (Å²) in [7, 11) is 0. The lowest BCUT2D eigenvalue weighted by Crippen LogP contribution is -2.05. The van der Waals surface area contributed by atoms with E-state index in [0.717, 1.165) is 11.6 Å². The summed E-state index contributed by atoms with van der Waals surface area (Å²) >= 11 is 0. The van der Waals surface area contributed by atoms with Crippen LogP contribution in [0.1, 0.15) is 37.5 Å². The molecule has 0 saturated heterocycles. The van der Waals surface area contributed by atoms with Crippen LogP contribution in [0.3, 0.4) is 0 Å². The molecule has 2 heteroatoms. The topological polar surface area (TPSA) is 21.6 Å². The minimum Gasteiger partial charge on any atom is -0.476 e. The van der Waals surface area contributed by atoms with E-state index < -0.39 is 0 Å². The summed E-state index contributed by atoms with van der Waals surface area (Å²) in [6.07, 6.45) is 0. The smallest absolute Gasteiger partial charge is 0.185 e. The van der Waals surface area contributed by atoms with E-state index in [1.54, 1.807) is 0 Å². The Bertz CT molecular complexity index is 380. The van der Waals surface area contributed by atoms with Gasteiger partial charge in [0.15, 0.2) is 5.90 Å². The van der Waals surface area contributed by atoms with Crippen molar-refractivity contribution in [1.29, 1.82) is 0 Å². The molecule has 0 spiro atoms. The number of nitrogens with zero attached hydrogens (tertiary/aromatic N) is 1. The second kappa shape index (κ2) is 4.96. The maximum absolute atomic E-state index is 5.35. The fraction of sp³-hybridized carbons (Fsp3) is 0.462. The number of aliphatic imine (C=N–C) groups is 1. The highest BCUT2D eigenvalue weighted by atomic mass is 16.5. The van der Waals surface area contributed by atoms with E-state index in [9.17, 15) is 0 Å². The minimum absolute atomic E-state index is 0.659. The molecule has 0 aliphatic carbocycles. The first-order valence-corrected chi connectivity index (χ1v) is 5.45. The summed E-state index contributed by atoms with van der Waals surface area (Å²) < 4.78 is 5.35. The third-order valence-corrected chi connectivity index (χ3v) is 2.41. The first-order chi connectivity index (χ1) is 7.16. The molecule has 2 rings (SSSR count). The van der Waals surface area contributed by atoms with Gasteiger partial charge in [-0.3, -0.25) is 0 Å². The molecule has 0 saturated carbocycles. The van der Waals surface area contributed by atoms with Crippen LogP contribution in [0.2, 0.25) is 0 Å². The van der Waals surface area contributed by atoms with Crippen LogP contribution in [0.4, 0.5) is 5.69 Å². The predicted molar refractivity (Wildman–Crippen MR) is 64.8 cm³/mol. The third-order valence-electron chi connectivity index (χ3n) is 2.41. The maximum Gasteiger partial charge on any atom is 0.185 e. The zero-order valence-electron chi connectivity index (χ0n) is 10.2. The second-order valence-corrected chi connectivity index (χ2v) is 3.48. The summed E-state index contributed by atoms with van der Waals surface area (Å²) in [6.45, 7) is 10.8. The summed E-state index contributed by atoms with van der Waals surface area (Å²) in [5, 5.41) is 0. The Hall–Kier alpha value is -1.31. The Balaban J connectivity index is 0.000000531. The van der Waals surface area contributed by atoms with E-state index >= 15 is 0 Å². The number of benzene rings is 1. The number of hydrogen-bond donors (Lipinski definition) is 0. The molecule has 2 nitrogen and oxygen atoms in total. The van der Waals surface area contributed by atoms with Crippen LogP contribution in [0.25, 0.3) is 0 Å².